The van der Waals surface area contributed by atoms with E-state index >= 15 is 0 Å². The lowest BCUT2D eigenvalue weighted by molar-refractivity contribution is -0.144. The SMILES string of the molecule is Cc1ncsc1-c1ccc([C@H](C)NC(=O)[C@@H]2C[C@@H](O)CN2C(=O)[C@@H](NC(=O)CCOCCOCCOCCOCCC(=O)NCCCN2CCC(CS(=O)(=O)N3[C@@H]4CC[C@H]3CC(NC(=O)c3cc5c(cc3Cl)NC(=O)C5)C4)CC2)C(C)(C)C)cc1. The topological polar surface area (TPSA) is 276 Å². The minimum atomic E-state index is -3.49. The van der Waals surface area contributed by atoms with Gasteiger partial charge in [-0.3, -0.25) is 28.8 Å². The van der Waals surface area contributed by atoms with Gasteiger partial charge >= 0.3 is 0 Å². The molecule has 4 saturated heterocycles. The van der Waals surface area contributed by atoms with Gasteiger partial charge in [-0.15, -0.1) is 11.3 Å². The van der Waals surface area contributed by atoms with Crippen LogP contribution in [0.1, 0.15) is 125 Å². The highest BCUT2D eigenvalue weighted by molar-refractivity contribution is 7.89. The van der Waals surface area contributed by atoms with Crippen molar-refractivity contribution in [2.24, 2.45) is 11.3 Å². The lowest BCUT2D eigenvalue weighted by Crippen LogP contribution is -2.58. The van der Waals surface area contributed by atoms with Crippen LogP contribution in [0.2, 0.25) is 5.02 Å². The monoisotopic (exact) mass is 1240 g/mol. The van der Waals surface area contributed by atoms with Crippen LogP contribution in [-0.2, 0) is 59.4 Å². The number of carbonyl (C=O) groups excluding carboxylic acids is 6. The van der Waals surface area contributed by atoms with Crippen LogP contribution >= 0.6 is 22.9 Å². The van der Waals surface area contributed by atoms with Crippen LogP contribution in [-0.4, -0.2) is 196 Å². The minimum absolute atomic E-state index is 0.00606. The highest BCUT2D eigenvalue weighted by Gasteiger charge is 2.48. The third-order valence-electron chi connectivity index (χ3n) is 16.6. The molecular formula is C60H86ClN9O13S2. The van der Waals surface area contributed by atoms with E-state index in [1.165, 1.54) is 4.90 Å². The fourth-order valence-corrected chi connectivity index (χ4v) is 15.6. The molecule has 6 heterocycles. The zero-order chi connectivity index (χ0) is 60.8. The predicted molar refractivity (Wildman–Crippen MR) is 322 cm³/mol. The van der Waals surface area contributed by atoms with E-state index in [1.54, 1.807) is 27.8 Å². The third kappa shape index (κ3) is 18.5. The van der Waals surface area contributed by atoms with Crippen LogP contribution in [0.15, 0.2) is 41.9 Å². The molecule has 5 aliphatic rings. The summed E-state index contributed by atoms with van der Waals surface area (Å²) in [5.74, 6) is -1.53. The number of nitrogens with zero attached hydrogens (tertiary/aromatic N) is 4. The number of aryl methyl sites for hydroxylation is 1. The normalized spacial score (nSPS) is 21.8. The summed E-state index contributed by atoms with van der Waals surface area (Å²) in [6.45, 7) is 14.5. The average Bonchev–Trinajstić information content (AvgIpc) is 2.46. The van der Waals surface area contributed by atoms with E-state index in [0.717, 1.165) is 79.0 Å². The maximum atomic E-state index is 14.0. The second-order valence-corrected chi connectivity index (χ2v) is 27.3. The Hall–Kier alpha value is -5.15. The lowest BCUT2D eigenvalue weighted by Gasteiger charge is -2.39. The second-order valence-electron chi connectivity index (χ2n) is 24.2. The quantitative estimate of drug-likeness (QED) is 0.0491. The second kappa shape index (κ2) is 30.7. The summed E-state index contributed by atoms with van der Waals surface area (Å²) in [6.07, 6.45) is 4.66. The lowest BCUT2D eigenvalue weighted by atomic mass is 9.85. The van der Waals surface area contributed by atoms with Crippen molar-refractivity contribution < 1.29 is 61.2 Å². The molecular weight excluding hydrogens is 1150 g/mol. The molecule has 8 rings (SSSR count). The summed E-state index contributed by atoms with van der Waals surface area (Å²) in [7, 11) is -3.49. The molecule has 6 amide bonds. The van der Waals surface area contributed by atoms with E-state index in [1.807, 2.05) is 64.4 Å². The van der Waals surface area contributed by atoms with Gasteiger partial charge in [0.15, 0.2) is 0 Å². The van der Waals surface area contributed by atoms with Crippen molar-refractivity contribution in [3.8, 4) is 10.4 Å². The Balaban J connectivity index is 0.602. The smallest absolute Gasteiger partial charge is 0.253 e. The number of nitrogens with one attached hydrogen (secondary N) is 5. The zero-order valence-corrected chi connectivity index (χ0v) is 52.1. The molecule has 1 unspecified atom stereocenters. The maximum absolute atomic E-state index is 14.0. The highest BCUT2D eigenvalue weighted by Crippen LogP contribution is 2.40. The molecule has 4 fully saturated rings. The summed E-state index contributed by atoms with van der Waals surface area (Å²) in [6, 6.07) is 8.50. The number of rotatable bonds is 30. The third-order valence-corrected chi connectivity index (χ3v) is 20.1. The molecule has 7 atom stereocenters. The number of hydrogen-bond donors (Lipinski definition) is 6. The fraction of sp³-hybridized carbons (Fsp3) is 0.650. The van der Waals surface area contributed by atoms with E-state index in [9.17, 15) is 42.3 Å². The zero-order valence-electron chi connectivity index (χ0n) is 49.7. The summed E-state index contributed by atoms with van der Waals surface area (Å²) in [5, 5.41) is 25.6. The van der Waals surface area contributed by atoms with Crippen molar-refractivity contribution in [1.82, 2.24) is 40.4 Å². The molecule has 85 heavy (non-hydrogen) atoms. The number of aromatic nitrogens is 1. The summed E-state index contributed by atoms with van der Waals surface area (Å²) >= 11 is 7.98. The number of sulfonamides is 1. The number of fused-ring (bicyclic) bond motifs is 3. The number of piperidine rings is 2. The molecule has 3 aromatic rings. The van der Waals surface area contributed by atoms with Gasteiger partial charge in [-0.1, -0.05) is 56.6 Å². The number of likely N-dealkylation sites (tertiary alicyclic amines) is 2. The van der Waals surface area contributed by atoms with Crippen LogP contribution in [0.5, 0.6) is 0 Å². The van der Waals surface area contributed by atoms with Crippen LogP contribution < -0.4 is 26.6 Å². The number of hydrogen-bond acceptors (Lipinski definition) is 16. The number of amides is 6. The van der Waals surface area contributed by atoms with Gasteiger partial charge in [0.25, 0.3) is 5.91 Å². The Morgan fingerprint density at radius 1 is 0.859 bits per heavy atom. The number of anilines is 1. The van der Waals surface area contributed by atoms with Crippen LogP contribution in [0.4, 0.5) is 5.69 Å². The van der Waals surface area contributed by atoms with Crippen molar-refractivity contribution in [2.75, 3.05) is 96.6 Å². The number of β-amino-alcohol motifs (C(OH)–C–C–N with tert-alkyl or cyclic N) is 1. The fourth-order valence-electron chi connectivity index (χ4n) is 12.1. The molecule has 0 aliphatic carbocycles. The first-order valence-electron chi connectivity index (χ1n) is 30.0. The number of aliphatic hydroxyl groups excluding tert-OH is 1. The Kier molecular flexibility index (Phi) is 23.7. The van der Waals surface area contributed by atoms with Crippen LogP contribution in [0.25, 0.3) is 10.4 Å². The van der Waals surface area contributed by atoms with E-state index in [-0.39, 0.29) is 129 Å². The van der Waals surface area contributed by atoms with Gasteiger partial charge in [0.2, 0.25) is 39.6 Å². The molecule has 25 heteroatoms. The van der Waals surface area contributed by atoms with Crippen molar-refractivity contribution in [2.45, 2.75) is 148 Å². The number of halogens is 1. The summed E-state index contributed by atoms with van der Waals surface area (Å²) in [5.41, 5.74) is 5.68. The number of carbonyl (C=O) groups is 6. The van der Waals surface area contributed by atoms with Crippen LogP contribution in [0, 0.1) is 18.3 Å². The van der Waals surface area contributed by atoms with Gasteiger partial charge < -0.3 is 60.4 Å². The minimum Gasteiger partial charge on any atom is -0.391 e. The molecule has 468 valence electrons. The molecule has 22 nitrogen and oxygen atoms in total. The molecule has 0 spiro atoms. The van der Waals surface area contributed by atoms with Crippen molar-refractivity contribution in [1.29, 1.82) is 0 Å². The predicted octanol–water partition coefficient (Wildman–Crippen LogP) is 4.76. The van der Waals surface area contributed by atoms with Gasteiger partial charge in [-0.2, -0.15) is 4.31 Å². The Labute approximate surface area is 508 Å². The van der Waals surface area contributed by atoms with E-state index in [2.05, 4.69) is 36.5 Å². The number of ether oxygens (including phenoxy) is 4. The molecule has 5 aliphatic heterocycles. The van der Waals surface area contributed by atoms with Crippen molar-refractivity contribution in [3.63, 3.8) is 0 Å². The largest absolute Gasteiger partial charge is 0.391 e. The van der Waals surface area contributed by atoms with Crippen molar-refractivity contribution >= 4 is 74.1 Å². The standard InChI is InChI=1S/C60H86ClN9O13S2/c1-38(41-7-9-42(10-8-41)55-39(2)63-37-84-55)64-58(76)51-33-47(71)35-69(51)59(77)56(60(3,4)5)67-53(73)16-22-81-24-26-83-28-27-82-25-23-80-21-15-52(72)62-17-6-18-68-19-13-40(14-20-68)36-85(78,79)70-45-11-12-46(70)32-44(31-45)65-57(75)48-29-43-30-54(74)66-50(43)34-49(48)61/h7-10,29,34,37-38,40,44-47,51,56,71H,6,11-28,30-33,35-36H2,1-5H3,(H,62,72)(H,64,76)(H,65,75)(H,66,74)(H,67,73)/t38-,44?,45-,46+,47+,51-,56+/m0/s1. The highest BCUT2D eigenvalue weighted by atomic mass is 35.5. The first-order valence-corrected chi connectivity index (χ1v) is 32.8. The Morgan fingerprint density at radius 3 is 2.09 bits per heavy atom. The van der Waals surface area contributed by atoms with Gasteiger partial charge in [-0.25, -0.2) is 13.4 Å². The maximum Gasteiger partial charge on any atom is 0.253 e. The molecule has 6 N–H and O–H groups in total. The average molecular weight is 1240 g/mol. The van der Waals surface area contributed by atoms with Crippen molar-refractivity contribution in [3.05, 3.63) is 69.3 Å². The van der Waals surface area contributed by atoms with E-state index in [0.29, 0.717) is 57.1 Å². The number of aliphatic hydroxyl groups is 1. The first-order chi connectivity index (χ1) is 40.6. The van der Waals surface area contributed by atoms with Gasteiger partial charge in [-0.05, 0) is 119 Å². The number of thiazole rings is 1. The van der Waals surface area contributed by atoms with Crippen LogP contribution in [0.3, 0.4) is 0 Å². The van der Waals surface area contributed by atoms with Gasteiger partial charge in [0, 0.05) is 56.2 Å². The Bertz CT molecular complexity index is 2890. The van der Waals surface area contributed by atoms with E-state index < -0.39 is 39.5 Å². The molecule has 1 aromatic heterocycles. The van der Waals surface area contributed by atoms with E-state index in [4.69, 9.17) is 30.5 Å². The molecule has 2 bridgehead atoms. The number of benzene rings is 2. The van der Waals surface area contributed by atoms with Gasteiger partial charge in [0.1, 0.15) is 12.1 Å². The van der Waals surface area contributed by atoms with Gasteiger partial charge in [0.05, 0.1) is 104 Å². The first kappa shape index (κ1) is 65.8. The Morgan fingerprint density at radius 2 is 1.48 bits per heavy atom. The molecule has 0 radical (unpaired) electrons. The molecule has 2 aromatic carbocycles. The summed E-state index contributed by atoms with van der Waals surface area (Å²) in [4.78, 5) is 87.4. The molecule has 0 saturated carbocycles. The summed E-state index contributed by atoms with van der Waals surface area (Å²) < 4.78 is 51.8.